The van der Waals surface area contributed by atoms with Crippen molar-refractivity contribution in [2.75, 3.05) is 0 Å². The van der Waals surface area contributed by atoms with Gasteiger partial charge < -0.3 is 5.11 Å². The van der Waals surface area contributed by atoms with Crippen LogP contribution in [0.4, 0.5) is 0 Å². The third kappa shape index (κ3) is 1.40. The summed E-state index contributed by atoms with van der Waals surface area (Å²) in [5.74, 6) is -0.794. The molecule has 1 aromatic carbocycles. The Hall–Kier alpha value is -1.35. The van der Waals surface area contributed by atoms with Gasteiger partial charge in [-0.05, 0) is 23.1 Å². The molecule has 0 aromatic heterocycles. The highest BCUT2D eigenvalue weighted by Crippen LogP contribution is 2.26. The van der Waals surface area contributed by atoms with Crippen LogP contribution in [0.25, 0.3) is 0 Å². The Bertz CT molecular complexity index is 374. The van der Waals surface area contributed by atoms with E-state index < -0.39 is 12.0 Å². The average Bonchev–Trinajstić information content (AvgIpc) is 2.59. The topological polar surface area (TPSA) is 49.3 Å². The minimum atomic E-state index is -0.794. The van der Waals surface area contributed by atoms with Crippen molar-refractivity contribution in [1.82, 2.24) is 5.32 Å². The Balaban J connectivity index is 2.41. The monoisotopic (exact) mass is 191 g/mol. The van der Waals surface area contributed by atoms with Gasteiger partial charge in [0.05, 0.1) is 0 Å². The maximum Gasteiger partial charge on any atom is 0.325 e. The van der Waals surface area contributed by atoms with Crippen LogP contribution in [0.2, 0.25) is 0 Å². The first-order chi connectivity index (χ1) is 6.72. The third-order valence-electron chi connectivity index (χ3n) is 2.67. The van der Waals surface area contributed by atoms with Crippen LogP contribution in [0.5, 0.6) is 0 Å². The van der Waals surface area contributed by atoms with E-state index >= 15 is 0 Å². The van der Waals surface area contributed by atoms with Gasteiger partial charge in [0.25, 0.3) is 0 Å². The van der Waals surface area contributed by atoms with Gasteiger partial charge in [-0.1, -0.05) is 25.1 Å². The van der Waals surface area contributed by atoms with Crippen LogP contribution in [0.15, 0.2) is 18.2 Å². The molecule has 3 nitrogen and oxygen atoms in total. The number of carboxylic acids is 1. The maximum absolute atomic E-state index is 10.9. The Morgan fingerprint density at radius 1 is 1.64 bits per heavy atom. The second-order valence-electron chi connectivity index (χ2n) is 3.54. The highest BCUT2D eigenvalue weighted by atomic mass is 16.4. The second-order valence-corrected chi connectivity index (χ2v) is 3.54. The number of fused-ring (bicyclic) bond motifs is 1. The van der Waals surface area contributed by atoms with Crippen molar-refractivity contribution in [1.29, 1.82) is 0 Å². The van der Waals surface area contributed by atoms with Crippen molar-refractivity contribution in [3.8, 4) is 0 Å². The molecule has 2 rings (SSSR count). The Morgan fingerprint density at radius 3 is 3.07 bits per heavy atom. The summed E-state index contributed by atoms with van der Waals surface area (Å²) in [5, 5.41) is 11.9. The molecule has 0 fully saturated rings. The number of carbonyl (C=O) groups is 1. The molecule has 1 aliphatic rings. The molecular formula is C11H13NO2. The molecule has 0 amide bonds. The number of benzene rings is 1. The molecule has 1 unspecified atom stereocenters. The SMILES string of the molecule is CCc1ccc2c(c1)C(C(=O)O)NC2. The van der Waals surface area contributed by atoms with Gasteiger partial charge in [0.15, 0.2) is 0 Å². The van der Waals surface area contributed by atoms with Gasteiger partial charge in [-0.25, -0.2) is 0 Å². The van der Waals surface area contributed by atoms with E-state index in [9.17, 15) is 4.79 Å². The lowest BCUT2D eigenvalue weighted by Crippen LogP contribution is -2.21. The predicted octanol–water partition coefficient (Wildman–Crippen LogP) is 1.48. The van der Waals surface area contributed by atoms with Crippen LogP contribution in [-0.4, -0.2) is 11.1 Å². The van der Waals surface area contributed by atoms with Gasteiger partial charge in [-0.3, -0.25) is 10.1 Å². The standard InChI is InChI=1S/C11H13NO2/c1-2-7-3-4-8-6-12-10(11(13)14)9(8)5-7/h3-5,10,12H,2,6H2,1H3,(H,13,14). The molecule has 0 spiro atoms. The molecule has 1 heterocycles. The van der Waals surface area contributed by atoms with Crippen molar-refractivity contribution < 1.29 is 9.90 Å². The lowest BCUT2D eigenvalue weighted by molar-refractivity contribution is -0.139. The highest BCUT2D eigenvalue weighted by Gasteiger charge is 2.27. The summed E-state index contributed by atoms with van der Waals surface area (Å²) in [4.78, 5) is 10.9. The summed E-state index contributed by atoms with van der Waals surface area (Å²) in [6.45, 7) is 2.73. The fourth-order valence-electron chi connectivity index (χ4n) is 1.84. The zero-order valence-corrected chi connectivity index (χ0v) is 8.08. The molecule has 0 aliphatic carbocycles. The molecule has 1 atom stereocenters. The second kappa shape index (κ2) is 3.42. The summed E-state index contributed by atoms with van der Waals surface area (Å²) >= 11 is 0. The molecule has 0 radical (unpaired) electrons. The van der Waals surface area contributed by atoms with E-state index in [0.29, 0.717) is 6.54 Å². The van der Waals surface area contributed by atoms with Crippen molar-refractivity contribution in [3.63, 3.8) is 0 Å². The lowest BCUT2D eigenvalue weighted by atomic mass is 10.0. The molecule has 74 valence electrons. The van der Waals surface area contributed by atoms with Gasteiger partial charge in [-0.15, -0.1) is 0 Å². The summed E-state index contributed by atoms with van der Waals surface area (Å²) in [5.41, 5.74) is 3.23. The first-order valence-electron chi connectivity index (χ1n) is 4.80. The van der Waals surface area contributed by atoms with Gasteiger partial charge >= 0.3 is 5.97 Å². The lowest BCUT2D eigenvalue weighted by Gasteiger charge is -2.07. The molecule has 0 saturated heterocycles. The third-order valence-corrected chi connectivity index (χ3v) is 2.67. The number of nitrogens with one attached hydrogen (secondary N) is 1. The van der Waals surface area contributed by atoms with Crippen molar-refractivity contribution in [3.05, 3.63) is 34.9 Å². The molecule has 1 aromatic rings. The molecule has 3 heteroatoms. The molecule has 2 N–H and O–H groups in total. The fraction of sp³-hybridized carbons (Fsp3) is 0.364. The summed E-state index contributed by atoms with van der Waals surface area (Å²) in [6, 6.07) is 5.56. The van der Waals surface area contributed by atoms with Crippen molar-refractivity contribution >= 4 is 5.97 Å². The van der Waals surface area contributed by atoms with E-state index in [2.05, 4.69) is 18.3 Å². The Labute approximate surface area is 82.8 Å². The largest absolute Gasteiger partial charge is 0.480 e. The zero-order valence-electron chi connectivity index (χ0n) is 8.08. The molecule has 1 aliphatic heterocycles. The van der Waals surface area contributed by atoms with Gasteiger partial charge in [0.1, 0.15) is 6.04 Å². The van der Waals surface area contributed by atoms with Crippen LogP contribution in [0.1, 0.15) is 29.7 Å². The Kier molecular flexibility index (Phi) is 2.25. The van der Waals surface area contributed by atoms with Crippen LogP contribution in [0.3, 0.4) is 0 Å². The number of rotatable bonds is 2. The maximum atomic E-state index is 10.9. The number of hydrogen-bond acceptors (Lipinski definition) is 2. The quantitative estimate of drug-likeness (QED) is 0.744. The van der Waals surface area contributed by atoms with Gasteiger partial charge in [-0.2, -0.15) is 0 Å². The first-order valence-corrected chi connectivity index (χ1v) is 4.80. The van der Waals surface area contributed by atoms with E-state index in [4.69, 9.17) is 5.11 Å². The van der Waals surface area contributed by atoms with E-state index in [1.54, 1.807) is 0 Å². The molecule has 0 bridgehead atoms. The number of hydrogen-bond donors (Lipinski definition) is 2. The summed E-state index contributed by atoms with van der Waals surface area (Å²) in [7, 11) is 0. The normalized spacial score (nSPS) is 19.4. The minimum absolute atomic E-state index is 0.517. The van der Waals surface area contributed by atoms with Gasteiger partial charge in [0.2, 0.25) is 0 Å². The van der Waals surface area contributed by atoms with Crippen LogP contribution in [-0.2, 0) is 17.8 Å². The summed E-state index contributed by atoms with van der Waals surface area (Å²) < 4.78 is 0. The van der Waals surface area contributed by atoms with E-state index in [1.165, 1.54) is 5.56 Å². The van der Waals surface area contributed by atoms with Crippen LogP contribution < -0.4 is 5.32 Å². The van der Waals surface area contributed by atoms with E-state index in [-0.39, 0.29) is 0 Å². The molecule has 0 saturated carbocycles. The Morgan fingerprint density at radius 2 is 2.43 bits per heavy atom. The molecule has 14 heavy (non-hydrogen) atoms. The van der Waals surface area contributed by atoms with Gasteiger partial charge in [0, 0.05) is 6.54 Å². The minimum Gasteiger partial charge on any atom is -0.480 e. The van der Waals surface area contributed by atoms with Crippen LogP contribution in [0, 0.1) is 0 Å². The molecular weight excluding hydrogens is 178 g/mol. The van der Waals surface area contributed by atoms with E-state index in [1.807, 2.05) is 12.1 Å². The first kappa shape index (κ1) is 9.21. The average molecular weight is 191 g/mol. The number of aryl methyl sites for hydroxylation is 1. The number of aliphatic carboxylic acids is 1. The zero-order chi connectivity index (χ0) is 10.1. The fourth-order valence-corrected chi connectivity index (χ4v) is 1.84. The smallest absolute Gasteiger partial charge is 0.325 e. The highest BCUT2D eigenvalue weighted by molar-refractivity contribution is 5.77. The van der Waals surface area contributed by atoms with Crippen molar-refractivity contribution in [2.45, 2.75) is 25.9 Å². The van der Waals surface area contributed by atoms with Crippen molar-refractivity contribution in [2.24, 2.45) is 0 Å². The predicted molar refractivity (Wildman–Crippen MR) is 53.0 cm³/mol. The van der Waals surface area contributed by atoms with E-state index in [0.717, 1.165) is 17.5 Å². The summed E-state index contributed by atoms with van der Waals surface area (Å²) in [6.07, 6.45) is 0.944. The van der Waals surface area contributed by atoms with Crippen LogP contribution >= 0.6 is 0 Å². The number of carboxylic acid groups (broad SMARTS) is 1.